The molecule has 0 radical (unpaired) electrons. The van der Waals surface area contributed by atoms with Crippen LogP contribution in [0.5, 0.6) is 0 Å². The van der Waals surface area contributed by atoms with Crippen molar-refractivity contribution in [2.24, 2.45) is 11.8 Å². The summed E-state index contributed by atoms with van der Waals surface area (Å²) in [6.07, 6.45) is 5.82. The highest BCUT2D eigenvalue weighted by atomic mass is 79.9. The Morgan fingerprint density at radius 2 is 2.16 bits per heavy atom. The van der Waals surface area contributed by atoms with E-state index in [1.165, 1.54) is 25.7 Å². The van der Waals surface area contributed by atoms with E-state index in [0.29, 0.717) is 12.0 Å². The van der Waals surface area contributed by atoms with Crippen molar-refractivity contribution < 1.29 is 4.39 Å². The zero-order chi connectivity index (χ0) is 13.8. The van der Waals surface area contributed by atoms with Gasteiger partial charge in [0.1, 0.15) is 5.82 Å². The molecular formula is C16H23BrFN. The van der Waals surface area contributed by atoms with Crippen LogP contribution in [0.4, 0.5) is 4.39 Å². The number of rotatable bonds is 4. The van der Waals surface area contributed by atoms with Crippen molar-refractivity contribution in [3.05, 3.63) is 34.1 Å². The van der Waals surface area contributed by atoms with Gasteiger partial charge in [-0.25, -0.2) is 4.39 Å². The average molecular weight is 328 g/mol. The lowest BCUT2D eigenvalue weighted by molar-refractivity contribution is 0.204. The van der Waals surface area contributed by atoms with Crippen LogP contribution in [0.3, 0.4) is 0 Å². The van der Waals surface area contributed by atoms with Gasteiger partial charge >= 0.3 is 0 Å². The number of benzene rings is 1. The SMILES string of the molecule is CCC1CCC(NC)C(Cc2cc(Br)ccc2F)C1. The van der Waals surface area contributed by atoms with Crippen molar-refractivity contribution in [2.75, 3.05) is 7.05 Å². The van der Waals surface area contributed by atoms with Gasteiger partial charge in [0, 0.05) is 10.5 Å². The summed E-state index contributed by atoms with van der Waals surface area (Å²) >= 11 is 3.44. The standard InChI is InChI=1S/C16H23BrFN/c1-3-11-4-7-16(19-2)13(8-11)9-12-10-14(17)5-6-15(12)18/h5-6,10-11,13,16,19H,3-4,7-9H2,1-2H3. The maximum absolute atomic E-state index is 13.9. The molecule has 1 saturated carbocycles. The summed E-state index contributed by atoms with van der Waals surface area (Å²) in [5, 5.41) is 3.42. The number of hydrogen-bond donors (Lipinski definition) is 1. The van der Waals surface area contributed by atoms with E-state index in [0.717, 1.165) is 22.4 Å². The van der Waals surface area contributed by atoms with Gasteiger partial charge in [0.05, 0.1) is 0 Å². The summed E-state index contributed by atoms with van der Waals surface area (Å²) < 4.78 is 14.9. The van der Waals surface area contributed by atoms with Gasteiger partial charge in [0.25, 0.3) is 0 Å². The lowest BCUT2D eigenvalue weighted by Crippen LogP contribution is -2.39. The Bertz CT molecular complexity index is 421. The topological polar surface area (TPSA) is 12.0 Å². The van der Waals surface area contributed by atoms with Gasteiger partial charge in [0.15, 0.2) is 0 Å². The van der Waals surface area contributed by atoms with E-state index in [-0.39, 0.29) is 5.82 Å². The molecule has 3 atom stereocenters. The van der Waals surface area contributed by atoms with Crippen LogP contribution < -0.4 is 5.32 Å². The van der Waals surface area contributed by atoms with Crippen LogP contribution in [0, 0.1) is 17.7 Å². The molecule has 1 aromatic carbocycles. The second kappa shape index (κ2) is 6.85. The zero-order valence-electron chi connectivity index (χ0n) is 11.8. The van der Waals surface area contributed by atoms with Crippen LogP contribution in [0.25, 0.3) is 0 Å². The molecule has 1 aliphatic rings. The van der Waals surface area contributed by atoms with Crippen LogP contribution in [-0.4, -0.2) is 13.1 Å². The van der Waals surface area contributed by atoms with Gasteiger partial charge in [-0.05, 0) is 68.3 Å². The highest BCUT2D eigenvalue weighted by molar-refractivity contribution is 9.10. The lowest BCUT2D eigenvalue weighted by atomic mass is 9.74. The summed E-state index contributed by atoms with van der Waals surface area (Å²) in [4.78, 5) is 0. The molecule has 1 aromatic rings. The minimum Gasteiger partial charge on any atom is -0.317 e. The summed E-state index contributed by atoms with van der Waals surface area (Å²) in [6.45, 7) is 2.26. The molecule has 1 nitrogen and oxygen atoms in total. The molecule has 19 heavy (non-hydrogen) atoms. The van der Waals surface area contributed by atoms with E-state index in [1.54, 1.807) is 12.1 Å². The Morgan fingerprint density at radius 3 is 2.84 bits per heavy atom. The summed E-state index contributed by atoms with van der Waals surface area (Å²) in [5.41, 5.74) is 0.844. The molecule has 1 N–H and O–H groups in total. The fraction of sp³-hybridized carbons (Fsp3) is 0.625. The molecule has 3 unspecified atom stereocenters. The Morgan fingerprint density at radius 1 is 1.37 bits per heavy atom. The van der Waals surface area contributed by atoms with Gasteiger partial charge in [-0.1, -0.05) is 29.3 Å². The van der Waals surface area contributed by atoms with Gasteiger partial charge < -0.3 is 5.32 Å². The van der Waals surface area contributed by atoms with Gasteiger partial charge in [-0.3, -0.25) is 0 Å². The summed E-state index contributed by atoms with van der Waals surface area (Å²) in [7, 11) is 2.03. The smallest absolute Gasteiger partial charge is 0.126 e. The third-order valence-electron chi connectivity index (χ3n) is 4.53. The van der Waals surface area contributed by atoms with Crippen LogP contribution in [0.2, 0.25) is 0 Å². The molecule has 106 valence electrons. The predicted octanol–water partition coefficient (Wildman–Crippen LogP) is 4.55. The van der Waals surface area contributed by atoms with E-state index in [4.69, 9.17) is 0 Å². The fourth-order valence-electron chi connectivity index (χ4n) is 3.32. The quantitative estimate of drug-likeness (QED) is 0.855. The second-order valence-corrected chi connectivity index (χ2v) is 6.60. The summed E-state index contributed by atoms with van der Waals surface area (Å²) in [5.74, 6) is 1.29. The van der Waals surface area contributed by atoms with E-state index in [2.05, 4.69) is 28.2 Å². The lowest BCUT2D eigenvalue weighted by Gasteiger charge is -2.36. The van der Waals surface area contributed by atoms with E-state index in [9.17, 15) is 4.39 Å². The maximum Gasteiger partial charge on any atom is 0.126 e. The molecular weight excluding hydrogens is 305 g/mol. The van der Waals surface area contributed by atoms with Crippen LogP contribution in [0.15, 0.2) is 22.7 Å². The Labute approximate surface area is 124 Å². The molecule has 0 saturated heterocycles. The third-order valence-corrected chi connectivity index (χ3v) is 5.02. The Kier molecular flexibility index (Phi) is 5.40. The molecule has 2 rings (SSSR count). The fourth-order valence-corrected chi connectivity index (χ4v) is 3.73. The van der Waals surface area contributed by atoms with Crippen molar-refractivity contribution >= 4 is 15.9 Å². The monoisotopic (exact) mass is 327 g/mol. The normalized spacial score (nSPS) is 27.5. The number of hydrogen-bond acceptors (Lipinski definition) is 1. The summed E-state index contributed by atoms with van der Waals surface area (Å²) in [6, 6.07) is 5.79. The first-order valence-electron chi connectivity index (χ1n) is 7.25. The highest BCUT2D eigenvalue weighted by Gasteiger charge is 2.29. The van der Waals surface area contributed by atoms with Crippen LogP contribution >= 0.6 is 15.9 Å². The average Bonchev–Trinajstić information content (AvgIpc) is 2.42. The van der Waals surface area contributed by atoms with Gasteiger partial charge in [0.2, 0.25) is 0 Å². The first-order valence-corrected chi connectivity index (χ1v) is 8.04. The van der Waals surface area contributed by atoms with E-state index >= 15 is 0 Å². The molecule has 1 fully saturated rings. The highest BCUT2D eigenvalue weighted by Crippen LogP contribution is 2.34. The first kappa shape index (κ1) is 15.0. The van der Waals surface area contributed by atoms with Crippen molar-refractivity contribution in [1.82, 2.24) is 5.32 Å². The largest absolute Gasteiger partial charge is 0.317 e. The van der Waals surface area contributed by atoms with Gasteiger partial charge in [-0.15, -0.1) is 0 Å². The molecule has 0 bridgehead atoms. The molecule has 3 heteroatoms. The van der Waals surface area contributed by atoms with Crippen molar-refractivity contribution in [3.8, 4) is 0 Å². The molecule has 0 spiro atoms. The number of halogens is 2. The van der Waals surface area contributed by atoms with E-state index in [1.807, 2.05) is 13.1 Å². The van der Waals surface area contributed by atoms with Crippen LogP contribution in [-0.2, 0) is 6.42 Å². The first-order chi connectivity index (χ1) is 9.13. The second-order valence-electron chi connectivity index (χ2n) is 5.68. The van der Waals surface area contributed by atoms with Crippen LogP contribution in [0.1, 0.15) is 38.2 Å². The molecule has 0 amide bonds. The molecule has 1 aliphatic carbocycles. The number of nitrogens with one attached hydrogen (secondary N) is 1. The predicted molar refractivity (Wildman–Crippen MR) is 81.8 cm³/mol. The van der Waals surface area contributed by atoms with Crippen molar-refractivity contribution in [3.63, 3.8) is 0 Å². The van der Waals surface area contributed by atoms with E-state index < -0.39 is 0 Å². The molecule has 0 heterocycles. The van der Waals surface area contributed by atoms with Gasteiger partial charge in [-0.2, -0.15) is 0 Å². The van der Waals surface area contributed by atoms with Crippen molar-refractivity contribution in [1.29, 1.82) is 0 Å². The molecule has 0 aromatic heterocycles. The molecule has 0 aliphatic heterocycles. The minimum absolute atomic E-state index is 0.0725. The Balaban J connectivity index is 2.11. The minimum atomic E-state index is -0.0725. The van der Waals surface area contributed by atoms with Crippen molar-refractivity contribution in [2.45, 2.75) is 45.1 Å². The maximum atomic E-state index is 13.9. The zero-order valence-corrected chi connectivity index (χ0v) is 13.3. The third kappa shape index (κ3) is 3.79. The Hall–Kier alpha value is -0.410.